The molecule has 2 aromatic carbocycles. The fourth-order valence-corrected chi connectivity index (χ4v) is 4.04. The van der Waals surface area contributed by atoms with Gasteiger partial charge in [0.05, 0.1) is 5.69 Å². The van der Waals surface area contributed by atoms with Crippen molar-refractivity contribution in [2.75, 3.05) is 13.1 Å². The lowest BCUT2D eigenvalue weighted by Crippen LogP contribution is -2.41. The summed E-state index contributed by atoms with van der Waals surface area (Å²) < 4.78 is 5.51. The molecule has 0 spiro atoms. The molecule has 1 amide bonds. The Bertz CT molecular complexity index is 1050. The van der Waals surface area contributed by atoms with E-state index in [9.17, 15) is 4.79 Å². The van der Waals surface area contributed by atoms with Crippen LogP contribution in [0.3, 0.4) is 0 Å². The van der Waals surface area contributed by atoms with Gasteiger partial charge in [0, 0.05) is 40.4 Å². The Morgan fingerprint density at radius 2 is 1.63 bits per heavy atom. The second-order valence-electron chi connectivity index (χ2n) is 8.73. The number of benzene rings is 2. The zero-order chi connectivity index (χ0) is 21.3. The molecular formula is C24H26ClN3O2. The van der Waals surface area contributed by atoms with Crippen molar-refractivity contribution in [1.29, 1.82) is 0 Å². The van der Waals surface area contributed by atoms with Gasteiger partial charge in [-0.1, -0.05) is 48.0 Å². The van der Waals surface area contributed by atoms with Gasteiger partial charge in [0.2, 0.25) is 0 Å². The van der Waals surface area contributed by atoms with Crippen LogP contribution >= 0.6 is 11.6 Å². The number of halogens is 1. The van der Waals surface area contributed by atoms with Gasteiger partial charge in [0.1, 0.15) is 11.3 Å². The van der Waals surface area contributed by atoms with Crippen molar-refractivity contribution in [2.45, 2.75) is 45.1 Å². The maximum absolute atomic E-state index is 12.4. The number of rotatable bonds is 2. The number of fused-ring (bicyclic) bond motifs is 1. The molecule has 0 N–H and O–H groups in total. The fourth-order valence-electron chi connectivity index (χ4n) is 3.91. The second-order valence-corrected chi connectivity index (χ2v) is 9.16. The first-order valence-electron chi connectivity index (χ1n) is 10.3. The second kappa shape index (κ2) is 8.23. The first-order chi connectivity index (χ1) is 14.3. The topological polar surface area (TPSA) is 55.3 Å². The van der Waals surface area contributed by atoms with Crippen LogP contribution in [0.2, 0.25) is 5.02 Å². The molecule has 6 heteroatoms. The Labute approximate surface area is 182 Å². The van der Waals surface area contributed by atoms with Gasteiger partial charge in [-0.15, -0.1) is 5.10 Å². The summed E-state index contributed by atoms with van der Waals surface area (Å²) >= 11 is 6.04. The highest BCUT2D eigenvalue weighted by atomic mass is 35.5. The van der Waals surface area contributed by atoms with Gasteiger partial charge in [0.15, 0.2) is 0 Å². The molecule has 30 heavy (non-hydrogen) atoms. The fraction of sp³-hybridized carbons (Fsp3) is 0.375. The highest BCUT2D eigenvalue weighted by Gasteiger charge is 2.29. The highest BCUT2D eigenvalue weighted by molar-refractivity contribution is 6.30. The molecule has 1 fully saturated rings. The summed E-state index contributed by atoms with van der Waals surface area (Å²) in [6, 6.07) is 15.9. The van der Waals surface area contributed by atoms with Crippen molar-refractivity contribution in [1.82, 2.24) is 15.1 Å². The third-order valence-electron chi connectivity index (χ3n) is 5.37. The SMILES string of the molecule is CC(C)(C)OC(=O)N1CCC(c2nnc(-c3ccc(Cl)cc3)c3ccccc23)CC1. The number of likely N-dealkylation sites (tertiary alicyclic amines) is 1. The third-order valence-corrected chi connectivity index (χ3v) is 5.62. The minimum absolute atomic E-state index is 0.241. The molecule has 3 aromatic rings. The van der Waals surface area contributed by atoms with Crippen molar-refractivity contribution in [3.63, 3.8) is 0 Å². The van der Waals surface area contributed by atoms with Gasteiger partial charge in [-0.3, -0.25) is 0 Å². The summed E-state index contributed by atoms with van der Waals surface area (Å²) in [7, 11) is 0. The number of hydrogen-bond acceptors (Lipinski definition) is 4. The van der Waals surface area contributed by atoms with Crippen LogP contribution in [0.15, 0.2) is 48.5 Å². The Morgan fingerprint density at radius 1 is 1.00 bits per heavy atom. The number of aromatic nitrogens is 2. The third kappa shape index (κ3) is 4.41. The number of piperidine rings is 1. The van der Waals surface area contributed by atoms with Crippen LogP contribution in [-0.4, -0.2) is 39.9 Å². The number of carbonyl (C=O) groups is 1. The highest BCUT2D eigenvalue weighted by Crippen LogP contribution is 2.35. The predicted molar refractivity (Wildman–Crippen MR) is 120 cm³/mol. The Hall–Kier alpha value is -2.66. The quantitative estimate of drug-likeness (QED) is 0.502. The van der Waals surface area contributed by atoms with Crippen LogP contribution in [0.5, 0.6) is 0 Å². The van der Waals surface area contributed by atoms with E-state index in [-0.39, 0.29) is 12.0 Å². The van der Waals surface area contributed by atoms with E-state index in [0.717, 1.165) is 40.6 Å². The van der Waals surface area contributed by atoms with E-state index in [1.165, 1.54) is 0 Å². The smallest absolute Gasteiger partial charge is 0.410 e. The summed E-state index contributed by atoms with van der Waals surface area (Å²) in [6.07, 6.45) is 1.45. The summed E-state index contributed by atoms with van der Waals surface area (Å²) in [5.41, 5.74) is 2.38. The average molecular weight is 424 g/mol. The van der Waals surface area contributed by atoms with E-state index in [4.69, 9.17) is 16.3 Å². The molecule has 2 heterocycles. The minimum Gasteiger partial charge on any atom is -0.444 e. The van der Waals surface area contributed by atoms with E-state index in [2.05, 4.69) is 22.3 Å². The lowest BCUT2D eigenvalue weighted by Gasteiger charge is -2.33. The number of hydrogen-bond donors (Lipinski definition) is 0. The van der Waals surface area contributed by atoms with Crippen molar-refractivity contribution in [3.05, 3.63) is 59.2 Å². The maximum Gasteiger partial charge on any atom is 0.410 e. The maximum atomic E-state index is 12.4. The molecule has 4 rings (SSSR count). The lowest BCUT2D eigenvalue weighted by atomic mass is 9.90. The van der Waals surface area contributed by atoms with E-state index in [1.54, 1.807) is 4.90 Å². The van der Waals surface area contributed by atoms with Crippen LogP contribution in [0, 0.1) is 0 Å². The number of amides is 1. The normalized spacial score (nSPS) is 15.4. The van der Waals surface area contributed by atoms with Gasteiger partial charge in [-0.2, -0.15) is 5.10 Å². The Morgan fingerprint density at radius 3 is 2.27 bits per heavy atom. The first-order valence-corrected chi connectivity index (χ1v) is 10.7. The Kier molecular flexibility index (Phi) is 5.65. The van der Waals surface area contributed by atoms with Gasteiger partial charge in [0.25, 0.3) is 0 Å². The molecule has 1 saturated heterocycles. The molecule has 1 aliphatic rings. The molecule has 0 bridgehead atoms. The summed E-state index contributed by atoms with van der Waals surface area (Å²) in [4.78, 5) is 14.2. The number of nitrogens with zero attached hydrogens (tertiary/aromatic N) is 3. The van der Waals surface area contributed by atoms with Gasteiger partial charge in [-0.25, -0.2) is 4.79 Å². The monoisotopic (exact) mass is 423 g/mol. The van der Waals surface area contributed by atoms with E-state index < -0.39 is 5.60 Å². The molecule has 0 atom stereocenters. The molecule has 1 aliphatic heterocycles. The van der Waals surface area contributed by atoms with Gasteiger partial charge < -0.3 is 9.64 Å². The van der Waals surface area contributed by atoms with Crippen molar-refractivity contribution in [3.8, 4) is 11.3 Å². The Balaban J connectivity index is 1.58. The molecule has 5 nitrogen and oxygen atoms in total. The summed E-state index contributed by atoms with van der Waals surface area (Å²) in [5.74, 6) is 0.264. The first kappa shape index (κ1) is 20.6. The van der Waals surface area contributed by atoms with E-state index in [1.807, 2.05) is 57.2 Å². The van der Waals surface area contributed by atoms with Crippen molar-refractivity contribution < 1.29 is 9.53 Å². The summed E-state index contributed by atoms with van der Waals surface area (Å²) in [6.45, 7) is 6.99. The zero-order valence-electron chi connectivity index (χ0n) is 17.6. The molecule has 156 valence electrons. The number of ether oxygens (including phenoxy) is 1. The van der Waals surface area contributed by atoms with Crippen LogP contribution in [0.1, 0.15) is 45.2 Å². The van der Waals surface area contributed by atoms with Crippen LogP contribution in [0.4, 0.5) is 4.79 Å². The van der Waals surface area contributed by atoms with Crippen LogP contribution in [-0.2, 0) is 4.74 Å². The van der Waals surface area contributed by atoms with E-state index in [0.29, 0.717) is 18.1 Å². The molecule has 0 radical (unpaired) electrons. The average Bonchev–Trinajstić information content (AvgIpc) is 2.73. The van der Waals surface area contributed by atoms with Crippen LogP contribution < -0.4 is 0 Å². The molecular weight excluding hydrogens is 398 g/mol. The van der Waals surface area contributed by atoms with Crippen LogP contribution in [0.25, 0.3) is 22.0 Å². The standard InChI is InChI=1S/C24H26ClN3O2/c1-24(2,3)30-23(29)28-14-12-17(13-15-28)22-20-7-5-4-6-19(20)21(26-27-22)16-8-10-18(25)11-9-16/h4-11,17H,12-15H2,1-3H3. The van der Waals surface area contributed by atoms with Gasteiger partial charge in [-0.05, 0) is 45.7 Å². The van der Waals surface area contributed by atoms with Crippen molar-refractivity contribution >= 4 is 28.5 Å². The predicted octanol–water partition coefficient (Wildman–Crippen LogP) is 6.06. The molecule has 0 unspecified atom stereocenters. The lowest BCUT2D eigenvalue weighted by molar-refractivity contribution is 0.0204. The van der Waals surface area contributed by atoms with Crippen molar-refractivity contribution in [2.24, 2.45) is 0 Å². The molecule has 1 aromatic heterocycles. The molecule has 0 aliphatic carbocycles. The van der Waals surface area contributed by atoms with E-state index >= 15 is 0 Å². The molecule has 0 saturated carbocycles. The zero-order valence-corrected chi connectivity index (χ0v) is 18.3. The number of carbonyl (C=O) groups excluding carboxylic acids is 1. The largest absolute Gasteiger partial charge is 0.444 e. The minimum atomic E-state index is -0.479. The van der Waals surface area contributed by atoms with Gasteiger partial charge >= 0.3 is 6.09 Å². The summed E-state index contributed by atoms with van der Waals surface area (Å²) in [5, 5.41) is 12.1.